The molecule has 1 aromatic carbocycles. The Morgan fingerprint density at radius 1 is 0.958 bits per heavy atom. The smallest absolute Gasteiger partial charge is 0.336 e. The molecule has 24 heavy (non-hydrogen) atoms. The topological polar surface area (TPSA) is 82.1 Å². The Bertz CT molecular complexity index is 562. The van der Waals surface area contributed by atoms with E-state index in [4.69, 9.17) is 9.84 Å². The van der Waals surface area contributed by atoms with Crippen LogP contribution in [0.25, 0.3) is 0 Å². The van der Waals surface area contributed by atoms with Crippen LogP contribution in [0.2, 0.25) is 0 Å². The van der Waals surface area contributed by atoms with Gasteiger partial charge in [0.15, 0.2) is 0 Å². The molecule has 0 spiro atoms. The van der Waals surface area contributed by atoms with Crippen LogP contribution in [0.3, 0.4) is 0 Å². The molecule has 0 fully saturated rings. The number of methoxy groups -OCH3 is 2. The van der Waals surface area contributed by atoms with E-state index in [1.807, 2.05) is 30.3 Å². The lowest BCUT2D eigenvalue weighted by molar-refractivity contribution is -0.137. The van der Waals surface area contributed by atoms with E-state index in [2.05, 4.69) is 22.6 Å². The molecule has 2 atom stereocenters. The minimum absolute atomic E-state index is 0.0810. The molecular weight excluding hydrogens is 312 g/mol. The van der Waals surface area contributed by atoms with Gasteiger partial charge in [-0.1, -0.05) is 31.4 Å². The third-order valence-corrected chi connectivity index (χ3v) is 2.95. The van der Waals surface area contributed by atoms with Crippen molar-refractivity contribution in [1.29, 1.82) is 0 Å². The quantitative estimate of drug-likeness (QED) is 0.634. The second kappa shape index (κ2) is 11.0. The SMILES string of the molecule is C=C(C(=O)OC)C(C)O.C=C(C(=O)OC)C(C)Oc1ccccc1. The van der Waals surface area contributed by atoms with Gasteiger partial charge in [0, 0.05) is 0 Å². The first-order valence-corrected chi connectivity index (χ1v) is 7.18. The average molecular weight is 336 g/mol. The summed E-state index contributed by atoms with van der Waals surface area (Å²) in [5.74, 6) is -0.307. The Balaban J connectivity index is 0.000000506. The molecule has 1 rings (SSSR count). The highest BCUT2D eigenvalue weighted by Gasteiger charge is 2.16. The second-order valence-corrected chi connectivity index (χ2v) is 4.78. The van der Waals surface area contributed by atoms with Gasteiger partial charge in [-0.2, -0.15) is 0 Å². The Morgan fingerprint density at radius 3 is 1.79 bits per heavy atom. The lowest BCUT2D eigenvalue weighted by Gasteiger charge is -2.15. The van der Waals surface area contributed by atoms with Crippen LogP contribution in [0.15, 0.2) is 54.6 Å². The minimum Gasteiger partial charge on any atom is -0.486 e. The molecular formula is C18H24O6. The molecule has 0 amide bonds. The lowest BCUT2D eigenvalue weighted by atomic mass is 10.2. The summed E-state index contributed by atoms with van der Waals surface area (Å²) in [5, 5.41) is 8.72. The van der Waals surface area contributed by atoms with Crippen LogP contribution in [0, 0.1) is 0 Å². The van der Waals surface area contributed by atoms with Crippen LogP contribution in [-0.4, -0.2) is 43.5 Å². The first-order valence-electron chi connectivity index (χ1n) is 7.18. The van der Waals surface area contributed by atoms with Gasteiger partial charge in [-0.15, -0.1) is 0 Å². The largest absolute Gasteiger partial charge is 0.486 e. The molecule has 0 radical (unpaired) electrons. The zero-order valence-corrected chi connectivity index (χ0v) is 14.4. The van der Waals surface area contributed by atoms with Crippen LogP contribution < -0.4 is 4.74 Å². The van der Waals surface area contributed by atoms with E-state index >= 15 is 0 Å². The molecule has 0 aromatic heterocycles. The lowest BCUT2D eigenvalue weighted by Crippen LogP contribution is -2.21. The summed E-state index contributed by atoms with van der Waals surface area (Å²) in [6.07, 6.45) is -1.21. The summed E-state index contributed by atoms with van der Waals surface area (Å²) in [6, 6.07) is 9.26. The van der Waals surface area contributed by atoms with E-state index in [0.717, 1.165) is 0 Å². The highest BCUT2D eigenvalue weighted by Crippen LogP contribution is 2.14. The van der Waals surface area contributed by atoms with E-state index < -0.39 is 18.0 Å². The fourth-order valence-electron chi connectivity index (χ4n) is 1.37. The Kier molecular flexibility index (Phi) is 9.82. The molecule has 0 aliphatic heterocycles. The standard InChI is InChI=1S/C12H14O3.C6H10O3/c1-9(12(13)14-3)10(2)15-11-7-5-4-6-8-11;1-4(5(2)7)6(8)9-3/h4-8,10H,1H2,2-3H3;5,7H,1H2,2-3H3. The van der Waals surface area contributed by atoms with Crippen LogP contribution in [0.1, 0.15) is 13.8 Å². The molecule has 0 heterocycles. The maximum atomic E-state index is 11.1. The average Bonchev–Trinajstić information content (AvgIpc) is 2.60. The van der Waals surface area contributed by atoms with Crippen molar-refractivity contribution < 1.29 is 28.9 Å². The number of carbonyl (C=O) groups excluding carboxylic acids is 2. The summed E-state index contributed by atoms with van der Waals surface area (Å²) >= 11 is 0. The molecule has 2 unspecified atom stereocenters. The third-order valence-electron chi connectivity index (χ3n) is 2.95. The molecule has 6 nitrogen and oxygen atoms in total. The molecule has 0 aliphatic rings. The monoisotopic (exact) mass is 336 g/mol. The van der Waals surface area contributed by atoms with E-state index in [1.54, 1.807) is 6.92 Å². The number of carbonyl (C=O) groups is 2. The van der Waals surface area contributed by atoms with Crippen molar-refractivity contribution in [3.63, 3.8) is 0 Å². The summed E-state index contributed by atoms with van der Waals surface area (Å²) in [4.78, 5) is 21.6. The van der Waals surface area contributed by atoms with Crippen molar-refractivity contribution in [3.8, 4) is 5.75 Å². The molecule has 1 aromatic rings. The van der Waals surface area contributed by atoms with E-state index in [-0.39, 0.29) is 11.7 Å². The van der Waals surface area contributed by atoms with E-state index in [1.165, 1.54) is 21.1 Å². The summed E-state index contributed by atoms with van der Waals surface area (Å²) < 4.78 is 14.3. The number of rotatable bonds is 6. The zero-order valence-electron chi connectivity index (χ0n) is 14.4. The Labute approximate surface area is 142 Å². The van der Waals surface area contributed by atoms with Gasteiger partial charge >= 0.3 is 11.9 Å². The minimum atomic E-state index is -0.822. The first-order chi connectivity index (χ1) is 11.2. The maximum Gasteiger partial charge on any atom is 0.336 e. The maximum absolute atomic E-state index is 11.1. The number of para-hydroxylation sites is 1. The summed E-state index contributed by atoms with van der Waals surface area (Å²) in [5.41, 5.74) is 0.388. The van der Waals surface area contributed by atoms with Crippen molar-refractivity contribution in [2.45, 2.75) is 26.1 Å². The highest BCUT2D eigenvalue weighted by molar-refractivity contribution is 5.89. The van der Waals surface area contributed by atoms with Crippen molar-refractivity contribution in [3.05, 3.63) is 54.6 Å². The van der Waals surface area contributed by atoms with Crippen molar-refractivity contribution in [2.75, 3.05) is 14.2 Å². The van der Waals surface area contributed by atoms with Gasteiger partial charge in [-0.05, 0) is 26.0 Å². The van der Waals surface area contributed by atoms with Crippen LogP contribution in [-0.2, 0) is 19.1 Å². The molecule has 132 valence electrons. The number of aliphatic hydroxyl groups excluding tert-OH is 1. The third kappa shape index (κ3) is 7.60. The van der Waals surface area contributed by atoms with Gasteiger partial charge in [0.25, 0.3) is 0 Å². The summed E-state index contributed by atoms with van der Waals surface area (Å²) in [6.45, 7) is 10.1. The van der Waals surface area contributed by atoms with E-state index in [9.17, 15) is 9.59 Å². The predicted molar refractivity (Wildman–Crippen MR) is 90.5 cm³/mol. The number of benzene rings is 1. The number of aliphatic hydroxyl groups is 1. The van der Waals surface area contributed by atoms with E-state index in [0.29, 0.717) is 11.3 Å². The highest BCUT2D eigenvalue weighted by atomic mass is 16.5. The fourth-order valence-corrected chi connectivity index (χ4v) is 1.37. The van der Waals surface area contributed by atoms with Gasteiger partial charge in [0.1, 0.15) is 11.9 Å². The molecule has 6 heteroatoms. The van der Waals surface area contributed by atoms with Crippen LogP contribution in [0.5, 0.6) is 5.75 Å². The van der Waals surface area contributed by atoms with Gasteiger partial charge in [-0.3, -0.25) is 0 Å². The Morgan fingerprint density at radius 2 is 1.42 bits per heavy atom. The van der Waals surface area contributed by atoms with Crippen molar-refractivity contribution >= 4 is 11.9 Å². The van der Waals surface area contributed by atoms with Gasteiger partial charge < -0.3 is 19.3 Å². The Hall–Kier alpha value is -2.60. The number of hydrogen-bond donors (Lipinski definition) is 1. The molecule has 0 aliphatic carbocycles. The zero-order chi connectivity index (χ0) is 18.7. The first kappa shape index (κ1) is 21.4. The van der Waals surface area contributed by atoms with Crippen LogP contribution in [0.4, 0.5) is 0 Å². The predicted octanol–water partition coefficient (Wildman–Crippen LogP) is 2.28. The molecule has 1 N–H and O–H groups in total. The molecule has 0 saturated heterocycles. The van der Waals surface area contributed by atoms with Gasteiger partial charge in [0.2, 0.25) is 0 Å². The van der Waals surface area contributed by atoms with Gasteiger partial charge in [-0.25, -0.2) is 9.59 Å². The number of esters is 2. The molecule has 0 bridgehead atoms. The normalized spacial score (nSPS) is 11.9. The van der Waals surface area contributed by atoms with Crippen LogP contribution >= 0.6 is 0 Å². The second-order valence-electron chi connectivity index (χ2n) is 4.78. The molecule has 0 saturated carbocycles. The summed E-state index contributed by atoms with van der Waals surface area (Å²) in [7, 11) is 2.57. The van der Waals surface area contributed by atoms with Crippen molar-refractivity contribution in [1.82, 2.24) is 0 Å². The number of hydrogen-bond acceptors (Lipinski definition) is 6. The van der Waals surface area contributed by atoms with Gasteiger partial charge in [0.05, 0.1) is 31.5 Å². The number of ether oxygens (including phenoxy) is 3. The van der Waals surface area contributed by atoms with Crippen molar-refractivity contribution in [2.24, 2.45) is 0 Å². The fraction of sp³-hybridized carbons (Fsp3) is 0.333.